The second-order valence-electron chi connectivity index (χ2n) is 7.24. The molecule has 0 saturated heterocycles. The van der Waals surface area contributed by atoms with Gasteiger partial charge in [-0.2, -0.15) is 0 Å². The molecule has 0 fully saturated rings. The van der Waals surface area contributed by atoms with E-state index in [2.05, 4.69) is 6.58 Å². The molecule has 0 aromatic heterocycles. The summed E-state index contributed by atoms with van der Waals surface area (Å²) in [5.74, 6) is 0. The van der Waals surface area contributed by atoms with Crippen LogP contribution in [0, 0.1) is 0 Å². The van der Waals surface area contributed by atoms with Crippen LogP contribution in [0.15, 0.2) is 24.8 Å². The van der Waals surface area contributed by atoms with E-state index in [1.807, 2.05) is 0 Å². The minimum atomic E-state index is -0.802. The zero-order valence-electron chi connectivity index (χ0n) is 15.8. The van der Waals surface area contributed by atoms with Crippen molar-refractivity contribution in [2.75, 3.05) is 0 Å². The lowest BCUT2D eigenvalue weighted by Crippen LogP contribution is -2.31. The van der Waals surface area contributed by atoms with E-state index in [4.69, 9.17) is 18.9 Å². The maximum Gasteiger partial charge on any atom is 0.509 e. The molecule has 0 spiro atoms. The lowest BCUT2D eigenvalue weighted by Gasteiger charge is -2.24. The van der Waals surface area contributed by atoms with E-state index in [1.54, 1.807) is 60.6 Å². The lowest BCUT2D eigenvalue weighted by molar-refractivity contribution is -0.0372. The number of hydrogen-bond donors (Lipinski definition) is 0. The highest BCUT2D eigenvalue weighted by Gasteiger charge is 2.25. The first-order chi connectivity index (χ1) is 10.9. The van der Waals surface area contributed by atoms with E-state index in [9.17, 15) is 9.59 Å². The average Bonchev–Trinajstić information content (AvgIpc) is 2.33. The molecule has 2 unspecified atom stereocenters. The predicted octanol–water partition coefficient (Wildman–Crippen LogP) is 4.78. The van der Waals surface area contributed by atoms with Crippen LogP contribution in [0.4, 0.5) is 9.59 Å². The molecule has 0 heterocycles. The van der Waals surface area contributed by atoms with Crippen molar-refractivity contribution >= 4 is 12.3 Å². The summed E-state index contributed by atoms with van der Waals surface area (Å²) >= 11 is 0. The molecule has 0 radical (unpaired) electrons. The SMILES string of the molecule is C=CC(CC(/C=C/C)OC(=O)OC(C)(C)C)OC(=O)OC(C)(C)C. The first-order valence-electron chi connectivity index (χ1n) is 7.91. The summed E-state index contributed by atoms with van der Waals surface area (Å²) in [5, 5.41) is 0. The monoisotopic (exact) mass is 342 g/mol. The van der Waals surface area contributed by atoms with Gasteiger partial charge in [-0.1, -0.05) is 18.7 Å². The third kappa shape index (κ3) is 11.6. The summed E-state index contributed by atoms with van der Waals surface area (Å²) < 4.78 is 20.7. The smallest absolute Gasteiger partial charge is 0.429 e. The maximum absolute atomic E-state index is 11.8. The van der Waals surface area contributed by atoms with Crippen LogP contribution in [0.25, 0.3) is 0 Å². The van der Waals surface area contributed by atoms with Crippen LogP contribution < -0.4 is 0 Å². The Hall–Kier alpha value is -1.98. The Morgan fingerprint density at radius 2 is 1.33 bits per heavy atom. The van der Waals surface area contributed by atoms with Crippen molar-refractivity contribution in [2.24, 2.45) is 0 Å². The molecule has 0 aromatic rings. The molecule has 0 aliphatic carbocycles. The highest BCUT2D eigenvalue weighted by Crippen LogP contribution is 2.16. The Morgan fingerprint density at radius 3 is 1.67 bits per heavy atom. The van der Waals surface area contributed by atoms with Gasteiger partial charge in [-0.05, 0) is 54.5 Å². The van der Waals surface area contributed by atoms with Crippen LogP contribution in [0.5, 0.6) is 0 Å². The van der Waals surface area contributed by atoms with Crippen molar-refractivity contribution in [2.45, 2.75) is 78.3 Å². The Balaban J connectivity index is 4.74. The average molecular weight is 342 g/mol. The summed E-state index contributed by atoms with van der Waals surface area (Å²) in [5.41, 5.74) is -1.30. The summed E-state index contributed by atoms with van der Waals surface area (Å²) in [6.45, 7) is 15.9. The number of carbonyl (C=O) groups is 2. The van der Waals surface area contributed by atoms with Gasteiger partial charge in [-0.15, -0.1) is 0 Å². The highest BCUT2D eigenvalue weighted by atomic mass is 16.7. The molecule has 0 saturated carbocycles. The molecule has 0 aliphatic heterocycles. The van der Waals surface area contributed by atoms with E-state index < -0.39 is 35.7 Å². The molecule has 0 aromatic carbocycles. The first-order valence-corrected chi connectivity index (χ1v) is 7.91. The topological polar surface area (TPSA) is 71.1 Å². The number of hydrogen-bond acceptors (Lipinski definition) is 6. The lowest BCUT2D eigenvalue weighted by atomic mass is 10.1. The van der Waals surface area contributed by atoms with Gasteiger partial charge in [0.25, 0.3) is 0 Å². The normalized spacial score (nSPS) is 14.6. The third-order valence-electron chi connectivity index (χ3n) is 2.41. The molecule has 6 heteroatoms. The van der Waals surface area contributed by atoms with Gasteiger partial charge in [-0.3, -0.25) is 0 Å². The molecular weight excluding hydrogens is 312 g/mol. The molecule has 138 valence electrons. The van der Waals surface area contributed by atoms with E-state index in [1.165, 1.54) is 6.08 Å². The van der Waals surface area contributed by atoms with Crippen LogP contribution in [-0.2, 0) is 18.9 Å². The largest absolute Gasteiger partial charge is 0.509 e. The van der Waals surface area contributed by atoms with E-state index in [0.717, 1.165) is 0 Å². The number of allylic oxidation sites excluding steroid dienone is 1. The fourth-order valence-electron chi connectivity index (χ4n) is 1.60. The van der Waals surface area contributed by atoms with Gasteiger partial charge < -0.3 is 18.9 Å². The molecule has 0 rings (SSSR count). The molecular formula is C18H30O6. The standard InChI is InChI=1S/C18H30O6/c1-9-11-14(22-16(20)24-18(6,7)8)12-13(10-2)21-15(19)23-17(3,4)5/h9-11,13-14H,2,12H2,1,3-8H3/b11-9+. The number of ether oxygens (including phenoxy) is 4. The Morgan fingerprint density at radius 1 is 0.917 bits per heavy atom. The highest BCUT2D eigenvalue weighted by molar-refractivity contribution is 5.61. The zero-order chi connectivity index (χ0) is 19.0. The van der Waals surface area contributed by atoms with Crippen molar-refractivity contribution in [1.82, 2.24) is 0 Å². The summed E-state index contributed by atoms with van der Waals surface area (Å²) in [7, 11) is 0. The van der Waals surface area contributed by atoms with E-state index >= 15 is 0 Å². The van der Waals surface area contributed by atoms with Gasteiger partial charge in [0.2, 0.25) is 0 Å². The van der Waals surface area contributed by atoms with Crippen LogP contribution >= 0.6 is 0 Å². The van der Waals surface area contributed by atoms with Crippen LogP contribution in [0.1, 0.15) is 54.9 Å². The molecule has 24 heavy (non-hydrogen) atoms. The predicted molar refractivity (Wildman–Crippen MR) is 91.8 cm³/mol. The van der Waals surface area contributed by atoms with Crippen molar-refractivity contribution in [3.8, 4) is 0 Å². The molecule has 0 N–H and O–H groups in total. The second-order valence-corrected chi connectivity index (χ2v) is 7.24. The van der Waals surface area contributed by atoms with Crippen molar-refractivity contribution in [1.29, 1.82) is 0 Å². The molecule has 0 bridgehead atoms. The minimum Gasteiger partial charge on any atom is -0.429 e. The molecule has 2 atom stereocenters. The summed E-state index contributed by atoms with van der Waals surface area (Å²) in [4.78, 5) is 23.5. The number of rotatable bonds is 6. The van der Waals surface area contributed by atoms with E-state index in [-0.39, 0.29) is 6.42 Å². The van der Waals surface area contributed by atoms with Gasteiger partial charge in [0, 0.05) is 6.42 Å². The van der Waals surface area contributed by atoms with Gasteiger partial charge in [0.1, 0.15) is 23.4 Å². The van der Waals surface area contributed by atoms with Gasteiger partial charge >= 0.3 is 12.3 Å². The molecule has 6 nitrogen and oxygen atoms in total. The summed E-state index contributed by atoms with van der Waals surface area (Å²) in [6, 6.07) is 0. The van der Waals surface area contributed by atoms with E-state index in [0.29, 0.717) is 0 Å². The van der Waals surface area contributed by atoms with Crippen LogP contribution in [0.2, 0.25) is 0 Å². The Kier molecular flexibility index (Phi) is 8.58. The maximum atomic E-state index is 11.8. The van der Waals surface area contributed by atoms with Gasteiger partial charge in [0.15, 0.2) is 0 Å². The quantitative estimate of drug-likeness (QED) is 0.511. The van der Waals surface area contributed by atoms with Crippen molar-refractivity contribution < 1.29 is 28.5 Å². The van der Waals surface area contributed by atoms with Gasteiger partial charge in [0.05, 0.1) is 0 Å². The Bertz CT molecular complexity index is 453. The fraction of sp³-hybridized carbons (Fsp3) is 0.667. The third-order valence-corrected chi connectivity index (χ3v) is 2.41. The molecule has 0 aliphatic rings. The Labute approximate surface area is 144 Å². The zero-order valence-corrected chi connectivity index (χ0v) is 15.8. The van der Waals surface area contributed by atoms with Gasteiger partial charge in [-0.25, -0.2) is 9.59 Å². The summed E-state index contributed by atoms with van der Waals surface area (Å²) in [6.07, 6.45) is 2.22. The number of carbonyl (C=O) groups excluding carboxylic acids is 2. The second kappa shape index (κ2) is 9.35. The van der Waals surface area contributed by atoms with Crippen LogP contribution in [-0.4, -0.2) is 35.7 Å². The van der Waals surface area contributed by atoms with Crippen molar-refractivity contribution in [3.63, 3.8) is 0 Å². The van der Waals surface area contributed by atoms with Crippen LogP contribution in [0.3, 0.4) is 0 Å². The fourth-order valence-corrected chi connectivity index (χ4v) is 1.60. The minimum absolute atomic E-state index is 0.215. The molecule has 0 amide bonds. The first kappa shape index (κ1) is 22.0. The van der Waals surface area contributed by atoms with Crippen molar-refractivity contribution in [3.05, 3.63) is 24.8 Å².